The first-order valence-corrected chi connectivity index (χ1v) is 12.7. The lowest BCUT2D eigenvalue weighted by Gasteiger charge is -2.17. The number of benzene rings is 4. The van der Waals surface area contributed by atoms with E-state index in [1.165, 1.54) is 48.5 Å². The van der Waals surface area contributed by atoms with Crippen LogP contribution in [0.4, 0.5) is 11.4 Å². The van der Waals surface area contributed by atoms with Crippen molar-refractivity contribution in [1.82, 2.24) is 0 Å². The van der Waals surface area contributed by atoms with Crippen molar-refractivity contribution in [3.63, 3.8) is 0 Å². The molecule has 4 aromatic carbocycles. The zero-order valence-corrected chi connectivity index (χ0v) is 19.8. The molecular weight excluding hydrogens is 492 g/mol. The van der Waals surface area contributed by atoms with Crippen molar-refractivity contribution >= 4 is 44.8 Å². The number of amides is 4. The second-order valence-corrected chi connectivity index (χ2v) is 10.4. The SMILES string of the molecule is O=C1c2ccccc2C(=O)N1c1cccc(S(=O)(=O)c2cccc(N3C(=O)c4ccccc4C3=O)c2)c1. The van der Waals surface area contributed by atoms with Crippen LogP contribution < -0.4 is 9.80 Å². The van der Waals surface area contributed by atoms with Gasteiger partial charge in [0.1, 0.15) is 0 Å². The molecule has 0 bridgehead atoms. The summed E-state index contributed by atoms with van der Waals surface area (Å²) in [6, 6.07) is 23.8. The minimum atomic E-state index is -4.15. The van der Waals surface area contributed by atoms with E-state index in [4.69, 9.17) is 0 Å². The highest BCUT2D eigenvalue weighted by molar-refractivity contribution is 7.91. The van der Waals surface area contributed by atoms with Crippen LogP contribution in [0.25, 0.3) is 0 Å². The molecule has 6 rings (SSSR count). The van der Waals surface area contributed by atoms with Gasteiger partial charge in [-0.25, -0.2) is 18.2 Å². The van der Waals surface area contributed by atoms with Crippen LogP contribution in [0, 0.1) is 0 Å². The van der Waals surface area contributed by atoms with Crippen molar-refractivity contribution < 1.29 is 27.6 Å². The van der Waals surface area contributed by atoms with Gasteiger partial charge in [-0.3, -0.25) is 19.2 Å². The Morgan fingerprint density at radius 3 is 1.08 bits per heavy atom. The Bertz CT molecular complexity index is 1600. The minimum absolute atomic E-state index is 0.115. The van der Waals surface area contributed by atoms with E-state index in [0.717, 1.165) is 9.80 Å². The van der Waals surface area contributed by atoms with Gasteiger partial charge in [-0.15, -0.1) is 0 Å². The van der Waals surface area contributed by atoms with Crippen LogP contribution in [-0.4, -0.2) is 32.0 Å². The first-order valence-electron chi connectivity index (χ1n) is 11.2. The Labute approximate surface area is 211 Å². The van der Waals surface area contributed by atoms with Gasteiger partial charge in [0.05, 0.1) is 43.4 Å². The maximum absolute atomic E-state index is 13.6. The number of carbonyl (C=O) groups excluding carboxylic acids is 4. The van der Waals surface area contributed by atoms with E-state index < -0.39 is 33.5 Å². The molecule has 0 radical (unpaired) electrons. The Balaban J connectivity index is 1.37. The highest BCUT2D eigenvalue weighted by Gasteiger charge is 2.38. The zero-order chi connectivity index (χ0) is 25.9. The molecule has 2 aliphatic rings. The second-order valence-electron chi connectivity index (χ2n) is 8.48. The van der Waals surface area contributed by atoms with Crippen LogP contribution in [0.1, 0.15) is 41.4 Å². The lowest BCUT2D eigenvalue weighted by Crippen LogP contribution is -2.29. The molecule has 0 atom stereocenters. The van der Waals surface area contributed by atoms with Crippen LogP contribution in [0.5, 0.6) is 0 Å². The Hall–Kier alpha value is -4.89. The van der Waals surface area contributed by atoms with Crippen LogP contribution in [0.2, 0.25) is 0 Å². The van der Waals surface area contributed by atoms with Crippen molar-refractivity contribution in [3.05, 3.63) is 119 Å². The van der Waals surface area contributed by atoms with Crippen LogP contribution in [0.3, 0.4) is 0 Å². The first-order chi connectivity index (χ1) is 17.8. The smallest absolute Gasteiger partial charge is 0.266 e. The summed E-state index contributed by atoms with van der Waals surface area (Å²) in [6.07, 6.45) is 0. The summed E-state index contributed by atoms with van der Waals surface area (Å²) in [5.74, 6) is -2.16. The van der Waals surface area contributed by atoms with Gasteiger partial charge in [0, 0.05) is 0 Å². The summed E-state index contributed by atoms with van der Waals surface area (Å²) >= 11 is 0. The van der Waals surface area contributed by atoms with Gasteiger partial charge in [0.15, 0.2) is 0 Å². The lowest BCUT2D eigenvalue weighted by molar-refractivity contribution is 0.0910. The minimum Gasteiger partial charge on any atom is -0.268 e. The molecule has 180 valence electrons. The van der Waals surface area contributed by atoms with E-state index in [2.05, 4.69) is 0 Å². The molecule has 0 aromatic heterocycles. The van der Waals surface area contributed by atoms with E-state index in [1.807, 2.05) is 0 Å². The molecule has 0 spiro atoms. The predicted molar refractivity (Wildman–Crippen MR) is 133 cm³/mol. The summed E-state index contributed by atoms with van der Waals surface area (Å²) in [6.45, 7) is 0. The third kappa shape index (κ3) is 3.32. The monoisotopic (exact) mass is 508 g/mol. The van der Waals surface area contributed by atoms with Crippen molar-refractivity contribution in [3.8, 4) is 0 Å². The first kappa shape index (κ1) is 22.6. The fraction of sp³-hybridized carbons (Fsp3) is 0. The van der Waals surface area contributed by atoms with Gasteiger partial charge < -0.3 is 0 Å². The number of imide groups is 2. The summed E-state index contributed by atoms with van der Waals surface area (Å²) in [7, 11) is -4.15. The van der Waals surface area contributed by atoms with E-state index in [0.29, 0.717) is 0 Å². The molecule has 0 N–H and O–H groups in total. The van der Waals surface area contributed by atoms with Gasteiger partial charge in [0.25, 0.3) is 23.6 Å². The summed E-state index contributed by atoms with van der Waals surface area (Å²) in [5, 5.41) is 0. The number of sulfone groups is 1. The third-order valence-electron chi connectivity index (χ3n) is 6.36. The van der Waals surface area contributed by atoms with Crippen molar-refractivity contribution in [1.29, 1.82) is 0 Å². The second kappa shape index (κ2) is 8.07. The molecular formula is C28H16N2O6S. The lowest BCUT2D eigenvalue weighted by atomic mass is 10.1. The summed E-state index contributed by atoms with van der Waals surface area (Å²) in [5.41, 5.74) is 1.21. The van der Waals surface area contributed by atoms with E-state index in [-0.39, 0.29) is 43.4 Å². The molecule has 0 saturated carbocycles. The van der Waals surface area contributed by atoms with E-state index in [9.17, 15) is 27.6 Å². The van der Waals surface area contributed by atoms with Crippen molar-refractivity contribution in [2.45, 2.75) is 9.79 Å². The maximum Gasteiger partial charge on any atom is 0.266 e. The molecule has 37 heavy (non-hydrogen) atoms. The fourth-order valence-corrected chi connectivity index (χ4v) is 5.90. The summed E-state index contributed by atoms with van der Waals surface area (Å²) < 4.78 is 27.1. The standard InChI is InChI=1S/C28H16N2O6S/c31-25-21-11-1-2-12-22(21)26(32)29(25)17-7-5-9-19(15-17)37(35,36)20-10-6-8-18(16-20)30-27(33)23-13-3-4-14-24(23)28(30)34/h1-16H. The highest BCUT2D eigenvalue weighted by Crippen LogP contribution is 2.33. The molecule has 4 aromatic rings. The molecule has 2 aliphatic heterocycles. The Kier molecular flexibility index (Phi) is 4.92. The third-order valence-corrected chi connectivity index (χ3v) is 8.11. The predicted octanol–water partition coefficient (Wildman–Crippen LogP) is 4.12. The number of anilines is 2. The maximum atomic E-state index is 13.6. The number of nitrogens with zero attached hydrogens (tertiary/aromatic N) is 2. The van der Waals surface area contributed by atoms with Gasteiger partial charge in [-0.05, 0) is 60.7 Å². The van der Waals surface area contributed by atoms with Crippen LogP contribution in [-0.2, 0) is 9.84 Å². The average Bonchev–Trinajstić information content (AvgIpc) is 3.33. The topological polar surface area (TPSA) is 109 Å². The number of fused-ring (bicyclic) bond motifs is 2. The molecule has 0 saturated heterocycles. The average molecular weight is 509 g/mol. The largest absolute Gasteiger partial charge is 0.268 e. The van der Waals surface area contributed by atoms with Crippen LogP contribution >= 0.6 is 0 Å². The molecule has 2 heterocycles. The number of carbonyl (C=O) groups is 4. The Morgan fingerprint density at radius 1 is 0.432 bits per heavy atom. The van der Waals surface area contributed by atoms with Gasteiger partial charge in [-0.2, -0.15) is 0 Å². The van der Waals surface area contributed by atoms with Gasteiger partial charge >= 0.3 is 0 Å². The van der Waals surface area contributed by atoms with Crippen molar-refractivity contribution in [2.75, 3.05) is 9.80 Å². The van der Waals surface area contributed by atoms with Crippen LogP contribution in [0.15, 0.2) is 107 Å². The quantitative estimate of drug-likeness (QED) is 0.384. The molecule has 8 nitrogen and oxygen atoms in total. The molecule has 4 amide bonds. The molecule has 0 aliphatic carbocycles. The zero-order valence-electron chi connectivity index (χ0n) is 19.0. The number of rotatable bonds is 4. The Morgan fingerprint density at radius 2 is 0.757 bits per heavy atom. The number of hydrogen-bond acceptors (Lipinski definition) is 6. The molecule has 0 fully saturated rings. The highest BCUT2D eigenvalue weighted by atomic mass is 32.2. The molecule has 9 heteroatoms. The van der Waals surface area contributed by atoms with Gasteiger partial charge in [0.2, 0.25) is 9.84 Å². The van der Waals surface area contributed by atoms with Crippen molar-refractivity contribution in [2.24, 2.45) is 0 Å². The van der Waals surface area contributed by atoms with E-state index in [1.54, 1.807) is 48.5 Å². The normalized spacial score (nSPS) is 14.8. The van der Waals surface area contributed by atoms with E-state index >= 15 is 0 Å². The summed E-state index contributed by atoms with van der Waals surface area (Å²) in [4.78, 5) is 53.1. The van der Waals surface area contributed by atoms with Gasteiger partial charge in [-0.1, -0.05) is 36.4 Å². The number of hydrogen-bond donors (Lipinski definition) is 0. The molecule has 0 unspecified atom stereocenters. The fourth-order valence-electron chi connectivity index (χ4n) is 4.56.